The quantitative estimate of drug-likeness (QED) is 0.672. The highest BCUT2D eigenvalue weighted by atomic mass is 16.7. The lowest BCUT2D eigenvalue weighted by Crippen LogP contribution is -2.17. The molecule has 1 aliphatic heterocycles. The lowest BCUT2D eigenvalue weighted by molar-refractivity contribution is -0.140. The molecule has 1 N–H and O–H groups in total. The average Bonchev–Trinajstić information content (AvgIpc) is 2.48. The van der Waals surface area contributed by atoms with Gasteiger partial charge < -0.3 is 19.3 Å². The van der Waals surface area contributed by atoms with E-state index in [9.17, 15) is 4.79 Å². The van der Waals surface area contributed by atoms with E-state index in [-0.39, 0.29) is 18.8 Å². The summed E-state index contributed by atoms with van der Waals surface area (Å²) in [7, 11) is 1.60. The maximum atomic E-state index is 10.3. The fraction of sp³-hybridized carbons (Fsp3) is 0.875. The lowest BCUT2D eigenvalue weighted by atomic mass is 10.3. The second-order valence-electron chi connectivity index (χ2n) is 2.90. The molecule has 1 fully saturated rings. The Balaban J connectivity index is 2.16. The van der Waals surface area contributed by atoms with Crippen LogP contribution in [0.25, 0.3) is 0 Å². The summed E-state index contributed by atoms with van der Waals surface area (Å²) in [5.41, 5.74) is 0. The van der Waals surface area contributed by atoms with Gasteiger partial charge in [-0.25, -0.2) is 0 Å². The zero-order valence-corrected chi connectivity index (χ0v) is 7.56. The monoisotopic (exact) mass is 190 g/mol. The second-order valence-corrected chi connectivity index (χ2v) is 2.90. The van der Waals surface area contributed by atoms with E-state index in [4.69, 9.17) is 19.3 Å². The molecule has 0 aromatic rings. The van der Waals surface area contributed by atoms with Crippen LogP contribution < -0.4 is 0 Å². The Hall–Kier alpha value is -0.650. The zero-order valence-electron chi connectivity index (χ0n) is 7.56. The first-order valence-corrected chi connectivity index (χ1v) is 4.20. The summed E-state index contributed by atoms with van der Waals surface area (Å²) in [6, 6.07) is 0. The van der Waals surface area contributed by atoms with Crippen molar-refractivity contribution in [2.75, 3.05) is 20.3 Å². The Morgan fingerprint density at radius 2 is 2.46 bits per heavy atom. The fourth-order valence-corrected chi connectivity index (χ4v) is 1.18. The Bertz CT molecular complexity index is 170. The van der Waals surface area contributed by atoms with Gasteiger partial charge in [-0.05, 0) is 0 Å². The fourth-order valence-electron chi connectivity index (χ4n) is 1.18. The summed E-state index contributed by atoms with van der Waals surface area (Å²) in [5.74, 6) is -0.860. The molecule has 1 heterocycles. The molecule has 2 unspecified atom stereocenters. The molecule has 1 saturated heterocycles. The van der Waals surface area contributed by atoms with Gasteiger partial charge in [-0.3, -0.25) is 4.79 Å². The summed E-state index contributed by atoms with van der Waals surface area (Å²) in [5, 5.41) is 8.48. The van der Waals surface area contributed by atoms with Gasteiger partial charge in [0.2, 0.25) is 0 Å². The Kier molecular flexibility index (Phi) is 4.14. The number of rotatable bonds is 5. The van der Waals surface area contributed by atoms with Gasteiger partial charge in [-0.15, -0.1) is 0 Å². The normalized spacial score (nSPS) is 27.8. The number of ether oxygens (including phenoxy) is 3. The first kappa shape index (κ1) is 10.4. The number of carboxylic acid groups (broad SMARTS) is 1. The summed E-state index contributed by atoms with van der Waals surface area (Å²) in [6.45, 7) is 0.922. The van der Waals surface area contributed by atoms with Crippen molar-refractivity contribution in [1.29, 1.82) is 0 Å². The van der Waals surface area contributed by atoms with Gasteiger partial charge in [0.25, 0.3) is 0 Å². The van der Waals surface area contributed by atoms with Gasteiger partial charge in [0.05, 0.1) is 25.7 Å². The van der Waals surface area contributed by atoms with Crippen molar-refractivity contribution < 1.29 is 24.1 Å². The van der Waals surface area contributed by atoms with Gasteiger partial charge in [0, 0.05) is 13.5 Å². The summed E-state index contributed by atoms with van der Waals surface area (Å²) < 4.78 is 15.3. The zero-order chi connectivity index (χ0) is 9.68. The van der Waals surface area contributed by atoms with Crippen molar-refractivity contribution in [2.24, 2.45) is 0 Å². The minimum atomic E-state index is -0.860. The SMILES string of the molecule is COCCC1OCC(CC(=O)O)O1. The largest absolute Gasteiger partial charge is 0.481 e. The minimum Gasteiger partial charge on any atom is -0.481 e. The lowest BCUT2D eigenvalue weighted by Gasteiger charge is -2.08. The highest BCUT2D eigenvalue weighted by Crippen LogP contribution is 2.16. The number of methoxy groups -OCH3 is 1. The first-order valence-electron chi connectivity index (χ1n) is 4.20. The van der Waals surface area contributed by atoms with Crippen LogP contribution in [-0.2, 0) is 19.0 Å². The van der Waals surface area contributed by atoms with E-state index in [0.29, 0.717) is 19.6 Å². The van der Waals surface area contributed by atoms with Crippen LogP contribution in [0.5, 0.6) is 0 Å². The molecule has 13 heavy (non-hydrogen) atoms. The number of hydrogen-bond donors (Lipinski definition) is 1. The molecule has 0 radical (unpaired) electrons. The van der Waals surface area contributed by atoms with Crippen LogP contribution in [0.2, 0.25) is 0 Å². The van der Waals surface area contributed by atoms with E-state index in [1.54, 1.807) is 7.11 Å². The minimum absolute atomic E-state index is 0.00345. The summed E-state index contributed by atoms with van der Waals surface area (Å²) in [4.78, 5) is 10.3. The molecule has 1 aliphatic rings. The average molecular weight is 190 g/mol. The maximum Gasteiger partial charge on any atom is 0.306 e. The number of carbonyl (C=O) groups is 1. The van der Waals surface area contributed by atoms with Crippen LogP contribution in [-0.4, -0.2) is 43.8 Å². The molecule has 5 heteroatoms. The highest BCUT2D eigenvalue weighted by molar-refractivity contribution is 5.67. The molecular weight excluding hydrogens is 176 g/mol. The topological polar surface area (TPSA) is 65.0 Å². The number of carboxylic acids is 1. The summed E-state index contributed by atoms with van der Waals surface area (Å²) in [6.07, 6.45) is 0.0412. The third kappa shape index (κ3) is 3.71. The van der Waals surface area contributed by atoms with Crippen molar-refractivity contribution in [2.45, 2.75) is 25.2 Å². The Morgan fingerprint density at radius 3 is 3.08 bits per heavy atom. The van der Waals surface area contributed by atoms with Crippen LogP contribution in [0.15, 0.2) is 0 Å². The molecule has 76 valence electrons. The van der Waals surface area contributed by atoms with Crippen molar-refractivity contribution in [3.63, 3.8) is 0 Å². The van der Waals surface area contributed by atoms with E-state index in [2.05, 4.69) is 0 Å². The molecule has 5 nitrogen and oxygen atoms in total. The third-order valence-electron chi connectivity index (χ3n) is 1.77. The molecule has 0 aliphatic carbocycles. The molecule has 0 aromatic carbocycles. The summed E-state index contributed by atoms with van der Waals surface area (Å²) >= 11 is 0. The molecule has 0 bridgehead atoms. The Labute approximate surface area is 76.6 Å². The van der Waals surface area contributed by atoms with E-state index < -0.39 is 5.97 Å². The molecule has 0 aromatic heterocycles. The third-order valence-corrected chi connectivity index (χ3v) is 1.77. The molecule has 0 amide bonds. The predicted octanol–water partition coefficient (Wildman–Crippen LogP) is 0.239. The van der Waals surface area contributed by atoms with Gasteiger partial charge >= 0.3 is 5.97 Å². The van der Waals surface area contributed by atoms with Crippen molar-refractivity contribution in [1.82, 2.24) is 0 Å². The molecule has 1 rings (SSSR count). The van der Waals surface area contributed by atoms with E-state index >= 15 is 0 Å². The van der Waals surface area contributed by atoms with E-state index in [1.807, 2.05) is 0 Å². The molecule has 2 atom stereocenters. The molecule has 0 spiro atoms. The highest BCUT2D eigenvalue weighted by Gasteiger charge is 2.27. The van der Waals surface area contributed by atoms with Gasteiger partial charge in [-0.1, -0.05) is 0 Å². The Morgan fingerprint density at radius 1 is 1.69 bits per heavy atom. The van der Waals surface area contributed by atoms with Gasteiger partial charge in [-0.2, -0.15) is 0 Å². The second kappa shape index (κ2) is 5.16. The van der Waals surface area contributed by atoms with E-state index in [1.165, 1.54) is 0 Å². The first-order chi connectivity index (χ1) is 6.22. The van der Waals surface area contributed by atoms with Crippen LogP contribution in [0.4, 0.5) is 0 Å². The van der Waals surface area contributed by atoms with Crippen molar-refractivity contribution >= 4 is 5.97 Å². The smallest absolute Gasteiger partial charge is 0.306 e. The number of hydrogen-bond acceptors (Lipinski definition) is 4. The van der Waals surface area contributed by atoms with Crippen LogP contribution in [0.1, 0.15) is 12.8 Å². The van der Waals surface area contributed by atoms with Gasteiger partial charge in [0.15, 0.2) is 6.29 Å². The van der Waals surface area contributed by atoms with Crippen LogP contribution in [0.3, 0.4) is 0 Å². The maximum absolute atomic E-state index is 10.3. The molecule has 0 saturated carbocycles. The van der Waals surface area contributed by atoms with Crippen LogP contribution in [0, 0.1) is 0 Å². The molecular formula is C8H14O5. The van der Waals surface area contributed by atoms with Gasteiger partial charge in [0.1, 0.15) is 0 Å². The predicted molar refractivity (Wildman–Crippen MR) is 43.4 cm³/mol. The van der Waals surface area contributed by atoms with Crippen molar-refractivity contribution in [3.05, 3.63) is 0 Å². The number of aliphatic carboxylic acids is 1. The standard InChI is InChI=1S/C8H14O5/c1-11-3-2-8-12-5-6(13-8)4-7(9)10/h6,8H,2-5H2,1H3,(H,9,10). The van der Waals surface area contributed by atoms with Crippen LogP contribution >= 0.6 is 0 Å². The van der Waals surface area contributed by atoms with E-state index in [0.717, 1.165) is 0 Å². The van der Waals surface area contributed by atoms with Crippen molar-refractivity contribution in [3.8, 4) is 0 Å².